The lowest BCUT2D eigenvalue weighted by Crippen LogP contribution is -1.88. The van der Waals surface area contributed by atoms with E-state index in [-0.39, 0.29) is 0 Å². The predicted octanol–water partition coefficient (Wildman–Crippen LogP) is 5.10. The highest BCUT2D eigenvalue weighted by molar-refractivity contribution is 5.40. The third-order valence-corrected chi connectivity index (χ3v) is 3.75. The predicted molar refractivity (Wildman–Crippen MR) is 71.4 cm³/mol. The van der Waals surface area contributed by atoms with Gasteiger partial charge in [0.2, 0.25) is 0 Å². The lowest BCUT2D eigenvalue weighted by Gasteiger charge is -2.07. The minimum absolute atomic E-state index is 1.21. The van der Waals surface area contributed by atoms with Crippen LogP contribution >= 0.6 is 0 Å². The van der Waals surface area contributed by atoms with Gasteiger partial charge in [-0.1, -0.05) is 45.6 Å². The van der Waals surface area contributed by atoms with Crippen molar-refractivity contribution in [3.8, 4) is 0 Å². The van der Waals surface area contributed by atoms with Crippen molar-refractivity contribution in [2.75, 3.05) is 0 Å². The van der Waals surface area contributed by atoms with Gasteiger partial charge < -0.3 is 0 Å². The van der Waals surface area contributed by atoms with Gasteiger partial charge in [0.05, 0.1) is 0 Å². The first-order valence-electron chi connectivity index (χ1n) is 6.28. The molecule has 0 spiro atoms. The summed E-state index contributed by atoms with van der Waals surface area (Å²) >= 11 is 0. The average Bonchev–Trinajstić information content (AvgIpc) is 2.66. The third-order valence-electron chi connectivity index (χ3n) is 3.75. The van der Waals surface area contributed by atoms with E-state index in [2.05, 4.69) is 39.8 Å². The van der Waals surface area contributed by atoms with Crippen molar-refractivity contribution in [2.24, 2.45) is 0 Å². The zero-order valence-electron chi connectivity index (χ0n) is 11.0. The minimum atomic E-state index is 1.21. The fraction of sp³-hybridized carbons (Fsp3) is 0.500. The van der Waals surface area contributed by atoms with E-state index in [1.807, 2.05) is 0 Å². The van der Waals surface area contributed by atoms with E-state index in [1.165, 1.54) is 48.0 Å². The second-order valence-corrected chi connectivity index (χ2v) is 5.41. The molecule has 0 radical (unpaired) electrons. The molecular weight excluding hydrogens is 192 g/mol. The molecule has 0 saturated heterocycles. The van der Waals surface area contributed by atoms with Crippen LogP contribution in [-0.2, 0) is 0 Å². The molecule has 0 aromatic rings. The van der Waals surface area contributed by atoms with Crippen molar-refractivity contribution in [1.29, 1.82) is 0 Å². The zero-order valence-corrected chi connectivity index (χ0v) is 11.0. The molecule has 2 rings (SSSR count). The molecule has 86 valence electrons. The van der Waals surface area contributed by atoms with Crippen LogP contribution in [0.1, 0.15) is 53.4 Å². The molecule has 0 unspecified atom stereocenters. The van der Waals surface area contributed by atoms with E-state index >= 15 is 0 Å². The summed E-state index contributed by atoms with van der Waals surface area (Å²) in [7, 11) is 0. The Hall–Kier alpha value is -1.04. The van der Waals surface area contributed by atoms with Gasteiger partial charge in [0.25, 0.3) is 0 Å². The Kier molecular flexibility index (Phi) is 3.18. The molecule has 0 heterocycles. The number of allylic oxidation sites excluding steroid dienone is 8. The minimum Gasteiger partial charge on any atom is -0.0690 e. The Morgan fingerprint density at radius 1 is 0.750 bits per heavy atom. The normalized spacial score (nSPS) is 20.8. The number of rotatable bonds is 3. The first kappa shape index (κ1) is 11.4. The first-order valence-corrected chi connectivity index (χ1v) is 6.28. The lowest BCUT2D eigenvalue weighted by molar-refractivity contribution is 0.858. The van der Waals surface area contributed by atoms with Crippen molar-refractivity contribution in [2.45, 2.75) is 53.4 Å². The lowest BCUT2D eigenvalue weighted by atomic mass is 9.98. The topological polar surface area (TPSA) is 0 Å². The summed E-state index contributed by atoms with van der Waals surface area (Å²) in [6.45, 7) is 8.99. The summed E-state index contributed by atoms with van der Waals surface area (Å²) in [5.74, 6) is 0. The SMILES string of the molecule is CC1=CC(C)=C(CCC2=C(C)C=C(C)C2)C1. The molecule has 0 aliphatic heterocycles. The summed E-state index contributed by atoms with van der Waals surface area (Å²) in [5.41, 5.74) is 9.39. The number of hydrogen-bond acceptors (Lipinski definition) is 0. The maximum absolute atomic E-state index is 2.34. The number of hydrogen-bond donors (Lipinski definition) is 0. The van der Waals surface area contributed by atoms with Crippen LogP contribution in [0.2, 0.25) is 0 Å². The molecule has 0 N–H and O–H groups in total. The zero-order chi connectivity index (χ0) is 11.7. The van der Waals surface area contributed by atoms with Crippen molar-refractivity contribution in [3.05, 3.63) is 45.6 Å². The molecule has 0 amide bonds. The van der Waals surface area contributed by atoms with Crippen molar-refractivity contribution in [1.82, 2.24) is 0 Å². The Bertz CT molecular complexity index is 383. The van der Waals surface area contributed by atoms with Gasteiger partial charge in [0.15, 0.2) is 0 Å². The van der Waals surface area contributed by atoms with Crippen LogP contribution in [0.3, 0.4) is 0 Å². The fourth-order valence-electron chi connectivity index (χ4n) is 2.87. The van der Waals surface area contributed by atoms with E-state index in [9.17, 15) is 0 Å². The van der Waals surface area contributed by atoms with E-state index in [0.717, 1.165) is 0 Å². The van der Waals surface area contributed by atoms with E-state index in [4.69, 9.17) is 0 Å². The van der Waals surface area contributed by atoms with Crippen LogP contribution < -0.4 is 0 Å². The van der Waals surface area contributed by atoms with Gasteiger partial charge in [-0.25, -0.2) is 0 Å². The largest absolute Gasteiger partial charge is 0.0690 e. The monoisotopic (exact) mass is 214 g/mol. The van der Waals surface area contributed by atoms with Crippen molar-refractivity contribution >= 4 is 0 Å². The molecule has 0 aromatic heterocycles. The summed E-state index contributed by atoms with van der Waals surface area (Å²) in [6.07, 6.45) is 9.62. The van der Waals surface area contributed by atoms with Crippen LogP contribution in [0.4, 0.5) is 0 Å². The third kappa shape index (κ3) is 2.37. The summed E-state index contributed by atoms with van der Waals surface area (Å²) < 4.78 is 0. The van der Waals surface area contributed by atoms with Crippen LogP contribution in [0.5, 0.6) is 0 Å². The van der Waals surface area contributed by atoms with E-state index in [1.54, 1.807) is 11.1 Å². The Morgan fingerprint density at radius 2 is 1.12 bits per heavy atom. The van der Waals surface area contributed by atoms with Crippen LogP contribution in [0.25, 0.3) is 0 Å². The molecule has 0 heteroatoms. The molecular formula is C16H22. The Morgan fingerprint density at radius 3 is 1.38 bits per heavy atom. The average molecular weight is 214 g/mol. The second kappa shape index (κ2) is 4.45. The van der Waals surface area contributed by atoms with E-state index in [0.29, 0.717) is 0 Å². The molecule has 0 atom stereocenters. The highest BCUT2D eigenvalue weighted by Crippen LogP contribution is 2.33. The van der Waals surface area contributed by atoms with Gasteiger partial charge >= 0.3 is 0 Å². The van der Waals surface area contributed by atoms with E-state index < -0.39 is 0 Å². The van der Waals surface area contributed by atoms with Gasteiger partial charge in [0.1, 0.15) is 0 Å². The molecule has 0 aromatic carbocycles. The summed E-state index contributed by atoms with van der Waals surface area (Å²) in [5, 5.41) is 0. The molecule has 0 nitrogen and oxygen atoms in total. The van der Waals surface area contributed by atoms with Crippen LogP contribution in [0.15, 0.2) is 45.6 Å². The maximum Gasteiger partial charge on any atom is -0.0102 e. The van der Waals surface area contributed by atoms with Gasteiger partial charge in [-0.3, -0.25) is 0 Å². The Balaban J connectivity index is 1.91. The molecule has 0 saturated carbocycles. The van der Waals surface area contributed by atoms with Gasteiger partial charge in [-0.05, 0) is 53.4 Å². The second-order valence-electron chi connectivity index (χ2n) is 5.41. The van der Waals surface area contributed by atoms with Crippen LogP contribution in [0, 0.1) is 0 Å². The maximum atomic E-state index is 2.34. The fourth-order valence-corrected chi connectivity index (χ4v) is 2.87. The van der Waals surface area contributed by atoms with Crippen molar-refractivity contribution in [3.63, 3.8) is 0 Å². The van der Waals surface area contributed by atoms with Crippen molar-refractivity contribution < 1.29 is 0 Å². The first-order chi connectivity index (χ1) is 7.56. The molecule has 0 fully saturated rings. The highest BCUT2D eigenvalue weighted by Gasteiger charge is 2.13. The quantitative estimate of drug-likeness (QED) is 0.613. The molecule has 0 bridgehead atoms. The molecule has 16 heavy (non-hydrogen) atoms. The molecule has 2 aliphatic carbocycles. The van der Waals surface area contributed by atoms with Crippen LogP contribution in [-0.4, -0.2) is 0 Å². The van der Waals surface area contributed by atoms with Gasteiger partial charge in [-0.15, -0.1) is 0 Å². The highest BCUT2D eigenvalue weighted by atomic mass is 14.2. The summed E-state index contributed by atoms with van der Waals surface area (Å²) in [4.78, 5) is 0. The van der Waals surface area contributed by atoms with Gasteiger partial charge in [0, 0.05) is 0 Å². The molecule has 2 aliphatic rings. The standard InChI is InChI=1S/C16H22/c1-11-7-13(3)15(9-11)5-6-16-10-12(2)8-14(16)4/h7-8H,5-6,9-10H2,1-4H3. The Labute approximate surface area is 99.4 Å². The van der Waals surface area contributed by atoms with Gasteiger partial charge in [-0.2, -0.15) is 0 Å². The smallest absolute Gasteiger partial charge is 0.0102 e. The summed E-state index contributed by atoms with van der Waals surface area (Å²) in [6, 6.07) is 0.